The van der Waals surface area contributed by atoms with Crippen molar-refractivity contribution in [3.63, 3.8) is 0 Å². The van der Waals surface area contributed by atoms with Crippen molar-refractivity contribution in [3.8, 4) is 0 Å². The van der Waals surface area contributed by atoms with E-state index in [1.54, 1.807) is 4.90 Å². The van der Waals surface area contributed by atoms with Gasteiger partial charge in [-0.15, -0.1) is 0 Å². The van der Waals surface area contributed by atoms with Crippen LogP contribution in [0.2, 0.25) is 0 Å². The van der Waals surface area contributed by atoms with E-state index in [0.717, 1.165) is 18.7 Å². The van der Waals surface area contributed by atoms with Gasteiger partial charge in [0.05, 0.1) is 12.7 Å². The molecule has 17 heavy (non-hydrogen) atoms. The second kappa shape index (κ2) is 6.37. The van der Waals surface area contributed by atoms with Crippen molar-refractivity contribution in [2.24, 2.45) is 0 Å². The van der Waals surface area contributed by atoms with E-state index in [2.05, 4.69) is 10.2 Å². The zero-order valence-electron chi connectivity index (χ0n) is 10.7. The Labute approximate surface area is 101 Å². The number of halogens is 1. The molecule has 1 fully saturated rings. The Morgan fingerprint density at radius 1 is 1.59 bits per heavy atom. The maximum atomic E-state index is 12.6. The predicted octanol–water partition coefficient (Wildman–Crippen LogP) is 1.99. The molecular formula is C12H20FN3O. The van der Waals surface area contributed by atoms with E-state index < -0.39 is 6.17 Å². The third-order valence-electron chi connectivity index (χ3n) is 2.89. The summed E-state index contributed by atoms with van der Waals surface area (Å²) < 4.78 is 12.6. The number of nitrogens with one attached hydrogen (secondary N) is 1. The van der Waals surface area contributed by atoms with E-state index in [9.17, 15) is 9.18 Å². The molecule has 0 bridgehead atoms. The smallest absolute Gasteiger partial charge is 0.219 e. The molecule has 2 heterocycles. The highest BCUT2D eigenvalue weighted by Crippen LogP contribution is 2.12. The molecule has 0 radical (unpaired) electrons. The fourth-order valence-corrected chi connectivity index (χ4v) is 1.62. The molecular weight excluding hydrogens is 221 g/mol. The van der Waals surface area contributed by atoms with Gasteiger partial charge in [-0.2, -0.15) is 5.10 Å². The van der Waals surface area contributed by atoms with Crippen molar-refractivity contribution < 1.29 is 9.18 Å². The average molecular weight is 241 g/mol. The number of aromatic nitrogens is 2. The minimum absolute atomic E-state index is 0.0117. The highest BCUT2D eigenvalue weighted by atomic mass is 19.1. The summed E-state index contributed by atoms with van der Waals surface area (Å²) in [4.78, 5) is 12.3. The second-order valence-electron chi connectivity index (χ2n) is 4.38. The number of carbonyl (C=O) groups is 1. The Morgan fingerprint density at radius 2 is 2.29 bits per heavy atom. The molecule has 1 aliphatic heterocycles. The van der Waals surface area contributed by atoms with Gasteiger partial charge in [-0.25, -0.2) is 4.39 Å². The van der Waals surface area contributed by atoms with Crippen molar-refractivity contribution in [1.82, 2.24) is 15.1 Å². The molecule has 0 saturated carbocycles. The van der Waals surface area contributed by atoms with Crippen LogP contribution in [-0.2, 0) is 4.79 Å². The predicted molar refractivity (Wildman–Crippen MR) is 64.4 cm³/mol. The van der Waals surface area contributed by atoms with Gasteiger partial charge in [-0.05, 0) is 32.3 Å². The summed E-state index contributed by atoms with van der Waals surface area (Å²) in [5, 5.41) is 6.61. The molecule has 1 atom stereocenters. The number of H-pyrrole nitrogens is 1. The topological polar surface area (TPSA) is 49.0 Å². The molecule has 5 heteroatoms. The van der Waals surface area contributed by atoms with Gasteiger partial charge >= 0.3 is 0 Å². The minimum Gasteiger partial charge on any atom is -0.340 e. The highest BCUT2D eigenvalue weighted by molar-refractivity contribution is 5.73. The number of likely N-dealkylation sites (tertiary alicyclic amines) is 1. The fraction of sp³-hybridized carbons (Fsp3) is 0.667. The van der Waals surface area contributed by atoms with Gasteiger partial charge in [0, 0.05) is 19.2 Å². The number of piperidine rings is 1. The first-order valence-electron chi connectivity index (χ1n) is 5.87. The van der Waals surface area contributed by atoms with E-state index in [1.165, 1.54) is 12.5 Å². The number of alkyl halides is 1. The first-order chi connectivity index (χ1) is 8.00. The fourth-order valence-electron chi connectivity index (χ4n) is 1.62. The van der Waals surface area contributed by atoms with Gasteiger partial charge in [0.1, 0.15) is 6.17 Å². The lowest BCUT2D eigenvalue weighted by atomic mass is 10.1. The van der Waals surface area contributed by atoms with Crippen molar-refractivity contribution in [1.29, 1.82) is 0 Å². The standard InChI is InChI=1S/C7H12FNO.C5H8N2/c1-6(10)9-4-2-3-7(8)5-9;1-4-3-6-7-5(4)2/h7H,2-5H2,1H3;3H,1-2H3,(H,6,7)/t7-;/m1./s1. The Bertz CT molecular complexity index is 348. The van der Waals surface area contributed by atoms with Gasteiger partial charge in [-0.1, -0.05) is 0 Å². The van der Waals surface area contributed by atoms with Crippen LogP contribution >= 0.6 is 0 Å². The number of hydrogen-bond donors (Lipinski definition) is 1. The lowest BCUT2D eigenvalue weighted by Gasteiger charge is -2.27. The summed E-state index contributed by atoms with van der Waals surface area (Å²) in [5.74, 6) is -0.0117. The summed E-state index contributed by atoms with van der Waals surface area (Å²) in [6.07, 6.45) is 2.44. The number of aryl methyl sites for hydroxylation is 2. The van der Waals surface area contributed by atoms with Gasteiger partial charge in [0.15, 0.2) is 0 Å². The molecule has 1 aromatic rings. The summed E-state index contributed by atoms with van der Waals surface area (Å²) in [6.45, 7) is 6.55. The molecule has 0 aliphatic carbocycles. The largest absolute Gasteiger partial charge is 0.340 e. The third kappa shape index (κ3) is 4.54. The molecule has 2 rings (SSSR count). The van der Waals surface area contributed by atoms with E-state index in [1.807, 2.05) is 20.0 Å². The second-order valence-corrected chi connectivity index (χ2v) is 4.38. The SMILES string of the molecule is CC(=O)N1CCC[C@@H](F)C1.Cc1cn[nH]c1C. The van der Waals surface area contributed by atoms with Crippen LogP contribution in [0.15, 0.2) is 6.20 Å². The van der Waals surface area contributed by atoms with Crippen LogP contribution in [0.4, 0.5) is 4.39 Å². The van der Waals surface area contributed by atoms with Crippen molar-refractivity contribution in [2.75, 3.05) is 13.1 Å². The van der Waals surface area contributed by atoms with Crippen LogP contribution in [0.1, 0.15) is 31.0 Å². The van der Waals surface area contributed by atoms with Crippen LogP contribution in [0.5, 0.6) is 0 Å². The molecule has 96 valence electrons. The number of aromatic amines is 1. The molecule has 4 nitrogen and oxygen atoms in total. The van der Waals surface area contributed by atoms with Gasteiger partial charge in [0.25, 0.3) is 0 Å². The number of rotatable bonds is 0. The van der Waals surface area contributed by atoms with E-state index in [-0.39, 0.29) is 5.91 Å². The van der Waals surface area contributed by atoms with E-state index >= 15 is 0 Å². The van der Waals surface area contributed by atoms with Crippen molar-refractivity contribution in [2.45, 2.75) is 39.8 Å². The summed E-state index contributed by atoms with van der Waals surface area (Å²) in [6, 6.07) is 0. The minimum atomic E-state index is -0.794. The first kappa shape index (κ1) is 13.7. The van der Waals surface area contributed by atoms with E-state index in [4.69, 9.17) is 0 Å². The summed E-state index contributed by atoms with van der Waals surface area (Å²) in [7, 11) is 0. The van der Waals surface area contributed by atoms with Crippen LogP contribution in [0, 0.1) is 13.8 Å². The van der Waals surface area contributed by atoms with Crippen LogP contribution in [0.3, 0.4) is 0 Å². The highest BCUT2D eigenvalue weighted by Gasteiger charge is 2.20. The lowest BCUT2D eigenvalue weighted by Crippen LogP contribution is -2.39. The first-order valence-corrected chi connectivity index (χ1v) is 5.87. The number of hydrogen-bond acceptors (Lipinski definition) is 2. The zero-order chi connectivity index (χ0) is 12.8. The van der Waals surface area contributed by atoms with Gasteiger partial charge in [-0.3, -0.25) is 9.89 Å². The van der Waals surface area contributed by atoms with Crippen LogP contribution in [0.25, 0.3) is 0 Å². The Morgan fingerprint density at radius 3 is 2.59 bits per heavy atom. The monoisotopic (exact) mass is 241 g/mol. The molecule has 1 N–H and O–H groups in total. The third-order valence-corrected chi connectivity index (χ3v) is 2.89. The average Bonchev–Trinajstić information content (AvgIpc) is 2.64. The van der Waals surface area contributed by atoms with Crippen molar-refractivity contribution in [3.05, 3.63) is 17.5 Å². The zero-order valence-corrected chi connectivity index (χ0v) is 10.7. The van der Waals surface area contributed by atoms with Crippen molar-refractivity contribution >= 4 is 5.91 Å². The molecule has 0 spiro atoms. The normalized spacial score (nSPS) is 19.5. The molecule has 1 aromatic heterocycles. The van der Waals surface area contributed by atoms with Crippen LogP contribution in [-0.4, -0.2) is 40.3 Å². The van der Waals surface area contributed by atoms with Crippen LogP contribution < -0.4 is 0 Å². The maximum absolute atomic E-state index is 12.6. The number of nitrogens with zero attached hydrogens (tertiary/aromatic N) is 2. The molecule has 1 amide bonds. The Balaban J connectivity index is 0.000000181. The number of amides is 1. The number of carbonyl (C=O) groups excluding carboxylic acids is 1. The Kier molecular flexibility index (Phi) is 5.12. The summed E-state index contributed by atoms with van der Waals surface area (Å²) >= 11 is 0. The molecule has 1 aliphatic rings. The summed E-state index contributed by atoms with van der Waals surface area (Å²) in [5.41, 5.74) is 2.38. The lowest BCUT2D eigenvalue weighted by molar-refractivity contribution is -0.130. The van der Waals surface area contributed by atoms with Gasteiger partial charge in [0.2, 0.25) is 5.91 Å². The quantitative estimate of drug-likeness (QED) is 0.755. The molecule has 0 aromatic carbocycles. The Hall–Kier alpha value is -1.39. The van der Waals surface area contributed by atoms with E-state index in [0.29, 0.717) is 13.0 Å². The maximum Gasteiger partial charge on any atom is 0.219 e. The molecule has 1 saturated heterocycles. The molecule has 0 unspecified atom stereocenters. The van der Waals surface area contributed by atoms with Gasteiger partial charge < -0.3 is 4.90 Å².